The first-order valence-electron chi connectivity index (χ1n) is 8.08. The van der Waals surface area contributed by atoms with Crippen LogP contribution in [0.25, 0.3) is 0 Å². The minimum absolute atomic E-state index is 0.0287. The van der Waals surface area contributed by atoms with Crippen LogP contribution in [0.4, 0.5) is 0 Å². The van der Waals surface area contributed by atoms with Crippen molar-refractivity contribution in [3.8, 4) is 0 Å². The van der Waals surface area contributed by atoms with Gasteiger partial charge in [0, 0.05) is 31.4 Å². The molecule has 1 N–H and O–H groups in total. The van der Waals surface area contributed by atoms with Crippen molar-refractivity contribution in [2.45, 2.75) is 25.8 Å². The Morgan fingerprint density at radius 2 is 2.10 bits per heavy atom. The molecule has 2 bridgehead atoms. The lowest BCUT2D eigenvalue weighted by molar-refractivity contribution is -0.134. The summed E-state index contributed by atoms with van der Waals surface area (Å²) in [5, 5.41) is 9.28. The number of aliphatic hydroxyl groups excluding tert-OH is 1. The van der Waals surface area contributed by atoms with Crippen molar-refractivity contribution in [3.63, 3.8) is 0 Å². The van der Waals surface area contributed by atoms with Gasteiger partial charge in [0.15, 0.2) is 0 Å². The van der Waals surface area contributed by atoms with Gasteiger partial charge < -0.3 is 10.0 Å². The number of nitrogens with zero attached hydrogens (tertiary/aromatic N) is 2. The van der Waals surface area contributed by atoms with Crippen LogP contribution in [0.3, 0.4) is 0 Å². The van der Waals surface area contributed by atoms with Gasteiger partial charge in [-0.1, -0.05) is 6.07 Å². The Kier molecular flexibility index (Phi) is 3.21. The molecular weight excluding hydrogens is 264 g/mol. The van der Waals surface area contributed by atoms with Gasteiger partial charge in [0.25, 0.3) is 0 Å². The Morgan fingerprint density at radius 1 is 1.33 bits per heavy atom. The van der Waals surface area contributed by atoms with Gasteiger partial charge in [-0.25, -0.2) is 0 Å². The molecule has 112 valence electrons. The van der Waals surface area contributed by atoms with Crippen LogP contribution in [0.2, 0.25) is 0 Å². The van der Waals surface area contributed by atoms with Crippen molar-refractivity contribution < 1.29 is 9.90 Å². The molecule has 0 spiro atoms. The molecule has 3 aliphatic rings. The maximum Gasteiger partial charge on any atom is 0.226 e. The largest absolute Gasteiger partial charge is 0.395 e. The Hall–Kier alpha value is -1.42. The lowest BCUT2D eigenvalue weighted by atomic mass is 10.0. The standard InChI is InChI=1S/C17H22N2O2/c20-7-6-19(10-11-2-1-5-18-9-11)17(21)16-14-12-3-4-13(8-12)15(14)16/h1-2,5,9,12-16,20H,3-4,6-8,10H2. The molecule has 3 fully saturated rings. The highest BCUT2D eigenvalue weighted by atomic mass is 16.3. The van der Waals surface area contributed by atoms with E-state index in [4.69, 9.17) is 0 Å². The maximum absolute atomic E-state index is 12.8. The lowest BCUT2D eigenvalue weighted by Gasteiger charge is -2.23. The predicted molar refractivity (Wildman–Crippen MR) is 78.0 cm³/mol. The molecule has 0 aliphatic heterocycles. The number of rotatable bonds is 5. The molecule has 0 radical (unpaired) electrons. The lowest BCUT2D eigenvalue weighted by Crippen LogP contribution is -2.35. The third-order valence-electron chi connectivity index (χ3n) is 5.80. The van der Waals surface area contributed by atoms with Crippen LogP contribution in [-0.2, 0) is 11.3 Å². The second kappa shape index (κ2) is 5.09. The Bertz CT molecular complexity index is 517. The number of amides is 1. The SMILES string of the molecule is O=C(C1C2C3CCC(C3)C12)N(CCO)Cc1cccnc1. The van der Waals surface area contributed by atoms with E-state index in [0.717, 1.165) is 17.4 Å². The zero-order valence-electron chi connectivity index (χ0n) is 12.2. The van der Waals surface area contributed by atoms with E-state index in [0.29, 0.717) is 24.9 Å². The van der Waals surface area contributed by atoms with Crippen molar-refractivity contribution in [1.29, 1.82) is 0 Å². The molecule has 1 aromatic heterocycles. The number of fused-ring (bicyclic) bond motifs is 5. The number of aromatic nitrogens is 1. The molecule has 0 aromatic carbocycles. The summed E-state index contributed by atoms with van der Waals surface area (Å²) >= 11 is 0. The average Bonchev–Trinajstić information content (AvgIpc) is 2.94. The van der Waals surface area contributed by atoms with Gasteiger partial charge in [0.1, 0.15) is 0 Å². The molecule has 21 heavy (non-hydrogen) atoms. The highest BCUT2D eigenvalue weighted by Gasteiger charge is 2.67. The first kappa shape index (κ1) is 13.3. The molecule has 4 unspecified atom stereocenters. The van der Waals surface area contributed by atoms with Gasteiger partial charge in [-0.2, -0.15) is 0 Å². The van der Waals surface area contributed by atoms with Crippen molar-refractivity contribution in [3.05, 3.63) is 30.1 Å². The molecule has 1 heterocycles. The first-order valence-corrected chi connectivity index (χ1v) is 8.08. The third-order valence-corrected chi connectivity index (χ3v) is 5.80. The van der Waals surface area contributed by atoms with E-state index in [1.165, 1.54) is 19.3 Å². The van der Waals surface area contributed by atoms with E-state index < -0.39 is 0 Å². The third kappa shape index (κ3) is 2.16. The molecule has 0 saturated heterocycles. The van der Waals surface area contributed by atoms with Gasteiger partial charge in [-0.05, 0) is 54.6 Å². The zero-order valence-corrected chi connectivity index (χ0v) is 12.2. The molecule has 4 nitrogen and oxygen atoms in total. The topological polar surface area (TPSA) is 53.4 Å². The summed E-state index contributed by atoms with van der Waals surface area (Å²) in [6.07, 6.45) is 7.57. The smallest absolute Gasteiger partial charge is 0.226 e. The van der Waals surface area contributed by atoms with Gasteiger partial charge in [-0.15, -0.1) is 0 Å². The number of hydrogen-bond acceptors (Lipinski definition) is 3. The van der Waals surface area contributed by atoms with Crippen LogP contribution in [0, 0.1) is 29.6 Å². The van der Waals surface area contributed by atoms with E-state index in [1.807, 2.05) is 17.0 Å². The van der Waals surface area contributed by atoms with Crippen molar-refractivity contribution in [2.75, 3.05) is 13.2 Å². The van der Waals surface area contributed by atoms with Crippen LogP contribution in [0.1, 0.15) is 24.8 Å². The van der Waals surface area contributed by atoms with Gasteiger partial charge >= 0.3 is 0 Å². The first-order chi connectivity index (χ1) is 10.3. The monoisotopic (exact) mass is 286 g/mol. The molecule has 1 aromatic rings. The van der Waals surface area contributed by atoms with E-state index in [9.17, 15) is 9.90 Å². The summed E-state index contributed by atoms with van der Waals surface area (Å²) in [5.74, 6) is 3.45. The van der Waals surface area contributed by atoms with E-state index in [1.54, 1.807) is 12.4 Å². The molecule has 4 heteroatoms. The number of carbonyl (C=O) groups excluding carboxylic acids is 1. The predicted octanol–water partition coefficient (Wildman–Crippen LogP) is 1.69. The highest BCUT2D eigenvalue weighted by molar-refractivity contribution is 5.83. The Labute approximate surface area is 125 Å². The van der Waals surface area contributed by atoms with Crippen LogP contribution < -0.4 is 0 Å². The average molecular weight is 286 g/mol. The summed E-state index contributed by atoms with van der Waals surface area (Å²) in [7, 11) is 0. The van der Waals surface area contributed by atoms with E-state index in [-0.39, 0.29) is 18.4 Å². The molecule has 1 amide bonds. The maximum atomic E-state index is 12.8. The second-order valence-electron chi connectivity index (χ2n) is 6.86. The number of hydrogen-bond donors (Lipinski definition) is 1. The van der Waals surface area contributed by atoms with E-state index >= 15 is 0 Å². The minimum atomic E-state index is 0.0287. The highest BCUT2D eigenvalue weighted by Crippen LogP contribution is 2.69. The fourth-order valence-electron chi connectivity index (χ4n) is 4.97. The van der Waals surface area contributed by atoms with Crippen molar-refractivity contribution in [2.24, 2.45) is 29.6 Å². The van der Waals surface area contributed by atoms with Gasteiger partial charge in [-0.3, -0.25) is 9.78 Å². The summed E-state index contributed by atoms with van der Waals surface area (Å²) in [5.41, 5.74) is 1.04. The number of pyridine rings is 1. The van der Waals surface area contributed by atoms with Crippen molar-refractivity contribution in [1.82, 2.24) is 9.88 Å². The molecule has 4 rings (SSSR count). The second-order valence-corrected chi connectivity index (χ2v) is 6.86. The van der Waals surface area contributed by atoms with Crippen LogP contribution in [-0.4, -0.2) is 34.0 Å². The Morgan fingerprint density at radius 3 is 2.71 bits per heavy atom. The van der Waals surface area contributed by atoms with Gasteiger partial charge in [0.2, 0.25) is 5.91 Å². The fourth-order valence-corrected chi connectivity index (χ4v) is 4.97. The quantitative estimate of drug-likeness (QED) is 0.896. The van der Waals surface area contributed by atoms with Gasteiger partial charge in [0.05, 0.1) is 6.61 Å². The summed E-state index contributed by atoms with van der Waals surface area (Å²) < 4.78 is 0. The normalized spacial score (nSPS) is 35.6. The summed E-state index contributed by atoms with van der Waals surface area (Å²) in [4.78, 5) is 18.8. The summed E-state index contributed by atoms with van der Waals surface area (Å²) in [6, 6.07) is 3.88. The molecular formula is C17H22N2O2. The Balaban J connectivity index is 1.46. The van der Waals surface area contributed by atoms with Crippen LogP contribution in [0.15, 0.2) is 24.5 Å². The van der Waals surface area contributed by atoms with Crippen molar-refractivity contribution >= 4 is 5.91 Å². The fraction of sp³-hybridized carbons (Fsp3) is 0.647. The minimum Gasteiger partial charge on any atom is -0.395 e. The molecule has 3 aliphatic carbocycles. The van der Waals surface area contributed by atoms with Crippen LogP contribution in [0.5, 0.6) is 0 Å². The summed E-state index contributed by atoms with van der Waals surface area (Å²) in [6.45, 7) is 1.03. The van der Waals surface area contributed by atoms with Crippen LogP contribution >= 0.6 is 0 Å². The molecule has 4 atom stereocenters. The number of aliphatic hydroxyl groups is 1. The number of carbonyl (C=O) groups is 1. The zero-order chi connectivity index (χ0) is 14.4. The van der Waals surface area contributed by atoms with E-state index in [2.05, 4.69) is 4.98 Å². The molecule has 3 saturated carbocycles.